The summed E-state index contributed by atoms with van der Waals surface area (Å²) in [5.41, 5.74) is 3.95. The average molecular weight is 378 g/mol. The van der Waals surface area contributed by atoms with Crippen LogP contribution in [-0.4, -0.2) is 50.6 Å². The van der Waals surface area contributed by atoms with Crippen molar-refractivity contribution in [3.05, 3.63) is 58.7 Å². The third-order valence-electron chi connectivity index (χ3n) is 5.42. The van der Waals surface area contributed by atoms with Gasteiger partial charge in [-0.3, -0.25) is 24.2 Å². The Morgan fingerprint density at radius 2 is 1.79 bits per heavy atom. The Bertz CT molecular complexity index is 1040. The first-order chi connectivity index (χ1) is 13.5. The topological polar surface area (TPSA) is 67.2 Å². The summed E-state index contributed by atoms with van der Waals surface area (Å²) in [6.07, 6.45) is 5.15. The normalized spacial score (nSPS) is 15.5. The Hall–Kier alpha value is -2.80. The van der Waals surface area contributed by atoms with Crippen LogP contribution in [0.15, 0.2) is 41.7 Å². The van der Waals surface area contributed by atoms with Crippen LogP contribution in [0, 0.1) is 6.92 Å². The zero-order chi connectivity index (χ0) is 19.7. The highest BCUT2D eigenvalue weighted by Crippen LogP contribution is 2.21. The number of hydrogen-bond acceptors (Lipinski definition) is 6. The molecule has 0 saturated carbocycles. The third-order valence-corrected chi connectivity index (χ3v) is 5.42. The van der Waals surface area contributed by atoms with E-state index in [1.165, 1.54) is 0 Å². The van der Waals surface area contributed by atoms with Crippen molar-refractivity contribution in [2.45, 2.75) is 33.4 Å². The molecule has 0 N–H and O–H groups in total. The number of benzene rings is 1. The van der Waals surface area contributed by atoms with E-state index in [4.69, 9.17) is 0 Å². The SMILES string of the molecule is Cc1nccnc1CN1CCN(c2ccc3c(=O)n(C(C)C)cnc3c2)CC1. The van der Waals surface area contributed by atoms with Crippen molar-refractivity contribution in [1.29, 1.82) is 0 Å². The predicted molar refractivity (Wildman–Crippen MR) is 111 cm³/mol. The molecule has 2 aromatic heterocycles. The van der Waals surface area contributed by atoms with Gasteiger partial charge in [0.15, 0.2) is 0 Å². The second-order valence-corrected chi connectivity index (χ2v) is 7.60. The second-order valence-electron chi connectivity index (χ2n) is 7.60. The molecule has 1 saturated heterocycles. The van der Waals surface area contributed by atoms with E-state index in [2.05, 4.69) is 24.8 Å². The highest BCUT2D eigenvalue weighted by Gasteiger charge is 2.19. The highest BCUT2D eigenvalue weighted by molar-refractivity contribution is 5.81. The van der Waals surface area contributed by atoms with Crippen molar-refractivity contribution in [3.63, 3.8) is 0 Å². The third kappa shape index (κ3) is 3.62. The molecule has 7 heteroatoms. The zero-order valence-corrected chi connectivity index (χ0v) is 16.7. The van der Waals surface area contributed by atoms with Crippen molar-refractivity contribution in [2.24, 2.45) is 0 Å². The molecule has 0 bridgehead atoms. The molecule has 0 atom stereocenters. The molecule has 0 aliphatic carbocycles. The first kappa shape index (κ1) is 18.6. The fourth-order valence-electron chi connectivity index (χ4n) is 3.66. The Morgan fingerprint density at radius 1 is 1.04 bits per heavy atom. The number of nitrogens with zero attached hydrogens (tertiary/aromatic N) is 6. The van der Waals surface area contributed by atoms with Gasteiger partial charge in [0.2, 0.25) is 0 Å². The smallest absolute Gasteiger partial charge is 0.261 e. The van der Waals surface area contributed by atoms with E-state index in [1.807, 2.05) is 39.0 Å². The monoisotopic (exact) mass is 378 g/mol. The van der Waals surface area contributed by atoms with Gasteiger partial charge in [-0.05, 0) is 39.0 Å². The molecule has 0 amide bonds. The van der Waals surface area contributed by atoms with Crippen LogP contribution in [0.4, 0.5) is 5.69 Å². The van der Waals surface area contributed by atoms with Crippen LogP contribution >= 0.6 is 0 Å². The predicted octanol–water partition coefficient (Wildman–Crippen LogP) is 2.40. The Labute approximate surface area is 164 Å². The Balaban J connectivity index is 1.47. The van der Waals surface area contributed by atoms with Crippen LogP contribution in [0.3, 0.4) is 0 Å². The lowest BCUT2D eigenvalue weighted by Gasteiger charge is -2.36. The molecular formula is C21H26N6O. The standard InChI is InChI=1S/C21H26N6O/c1-15(2)27-14-24-19-12-17(4-5-18(19)21(27)28)26-10-8-25(9-11-26)13-20-16(3)22-6-7-23-20/h4-7,12,14-15H,8-11,13H2,1-3H3. The van der Waals surface area contributed by atoms with Gasteiger partial charge in [-0.1, -0.05) is 0 Å². The van der Waals surface area contributed by atoms with Crippen LogP contribution in [-0.2, 0) is 6.54 Å². The van der Waals surface area contributed by atoms with Gasteiger partial charge in [0, 0.05) is 56.8 Å². The molecule has 3 heterocycles. The van der Waals surface area contributed by atoms with Crippen molar-refractivity contribution in [1.82, 2.24) is 24.4 Å². The van der Waals surface area contributed by atoms with Gasteiger partial charge in [-0.15, -0.1) is 0 Å². The summed E-state index contributed by atoms with van der Waals surface area (Å²) >= 11 is 0. The lowest BCUT2D eigenvalue weighted by atomic mass is 10.2. The molecule has 0 spiro atoms. The van der Waals surface area contributed by atoms with Gasteiger partial charge in [-0.2, -0.15) is 0 Å². The number of hydrogen-bond donors (Lipinski definition) is 0. The maximum atomic E-state index is 12.6. The maximum Gasteiger partial charge on any atom is 0.261 e. The minimum Gasteiger partial charge on any atom is -0.369 e. The van der Waals surface area contributed by atoms with Gasteiger partial charge in [0.1, 0.15) is 0 Å². The summed E-state index contributed by atoms with van der Waals surface area (Å²) in [5.74, 6) is 0. The number of fused-ring (bicyclic) bond motifs is 1. The molecule has 1 aliphatic heterocycles. The first-order valence-electron chi connectivity index (χ1n) is 9.77. The molecule has 0 unspecified atom stereocenters. The summed E-state index contributed by atoms with van der Waals surface area (Å²) in [6.45, 7) is 10.6. The van der Waals surface area contributed by atoms with E-state index in [-0.39, 0.29) is 11.6 Å². The van der Waals surface area contributed by atoms with Gasteiger partial charge in [-0.25, -0.2) is 4.98 Å². The highest BCUT2D eigenvalue weighted by atomic mass is 16.1. The van der Waals surface area contributed by atoms with Crippen molar-refractivity contribution in [2.75, 3.05) is 31.1 Å². The van der Waals surface area contributed by atoms with E-state index in [9.17, 15) is 4.79 Å². The fourth-order valence-corrected chi connectivity index (χ4v) is 3.66. The minimum absolute atomic E-state index is 0.0238. The van der Waals surface area contributed by atoms with Crippen molar-refractivity contribution < 1.29 is 0 Å². The number of aryl methyl sites for hydroxylation is 1. The number of anilines is 1. The van der Waals surface area contributed by atoms with E-state index in [0.29, 0.717) is 5.39 Å². The van der Waals surface area contributed by atoms with Crippen LogP contribution in [0.2, 0.25) is 0 Å². The molecule has 3 aromatic rings. The van der Waals surface area contributed by atoms with E-state index >= 15 is 0 Å². The van der Waals surface area contributed by atoms with Gasteiger partial charge in [0.25, 0.3) is 5.56 Å². The minimum atomic E-state index is 0.0238. The van der Waals surface area contributed by atoms with Crippen LogP contribution in [0.25, 0.3) is 10.9 Å². The van der Waals surface area contributed by atoms with Crippen LogP contribution in [0.1, 0.15) is 31.3 Å². The summed E-state index contributed by atoms with van der Waals surface area (Å²) in [4.78, 5) is 30.7. The molecular weight excluding hydrogens is 352 g/mol. The molecule has 1 aromatic carbocycles. The maximum absolute atomic E-state index is 12.6. The van der Waals surface area contributed by atoms with E-state index < -0.39 is 0 Å². The summed E-state index contributed by atoms with van der Waals surface area (Å²) < 4.78 is 1.68. The zero-order valence-electron chi connectivity index (χ0n) is 16.7. The molecule has 146 valence electrons. The first-order valence-corrected chi connectivity index (χ1v) is 9.77. The summed E-state index contributed by atoms with van der Waals surface area (Å²) in [5, 5.41) is 0.678. The number of piperazine rings is 1. The largest absolute Gasteiger partial charge is 0.369 e. The van der Waals surface area contributed by atoms with Crippen LogP contribution < -0.4 is 10.5 Å². The lowest BCUT2D eigenvalue weighted by molar-refractivity contribution is 0.246. The Kier molecular flexibility index (Phi) is 5.09. The quantitative estimate of drug-likeness (QED) is 0.695. The van der Waals surface area contributed by atoms with Gasteiger partial charge >= 0.3 is 0 Å². The van der Waals surface area contributed by atoms with Crippen LogP contribution in [0.5, 0.6) is 0 Å². The van der Waals surface area contributed by atoms with E-state index in [0.717, 1.165) is 55.3 Å². The van der Waals surface area contributed by atoms with Crippen molar-refractivity contribution >= 4 is 16.6 Å². The van der Waals surface area contributed by atoms with E-state index in [1.54, 1.807) is 23.3 Å². The molecule has 4 rings (SSSR count). The Morgan fingerprint density at radius 3 is 2.50 bits per heavy atom. The molecule has 7 nitrogen and oxygen atoms in total. The summed E-state index contributed by atoms with van der Waals surface area (Å²) in [6, 6.07) is 6.09. The molecule has 0 radical (unpaired) electrons. The number of aromatic nitrogens is 4. The summed E-state index contributed by atoms with van der Waals surface area (Å²) in [7, 11) is 0. The lowest BCUT2D eigenvalue weighted by Crippen LogP contribution is -2.46. The second kappa shape index (κ2) is 7.67. The average Bonchev–Trinajstić information content (AvgIpc) is 2.70. The molecule has 28 heavy (non-hydrogen) atoms. The molecule has 1 fully saturated rings. The van der Waals surface area contributed by atoms with Gasteiger partial charge < -0.3 is 4.90 Å². The van der Waals surface area contributed by atoms with Crippen molar-refractivity contribution in [3.8, 4) is 0 Å². The fraction of sp³-hybridized carbons (Fsp3) is 0.429. The van der Waals surface area contributed by atoms with Gasteiger partial charge in [0.05, 0.1) is 28.6 Å². The molecule has 1 aliphatic rings. The number of rotatable bonds is 4.